The van der Waals surface area contributed by atoms with Crippen molar-refractivity contribution in [3.63, 3.8) is 0 Å². The number of amides is 1. The summed E-state index contributed by atoms with van der Waals surface area (Å²) in [5.41, 5.74) is 3.22. The molecule has 0 N–H and O–H groups in total. The van der Waals surface area contributed by atoms with Gasteiger partial charge in [-0.2, -0.15) is 0 Å². The highest BCUT2D eigenvalue weighted by molar-refractivity contribution is 6.34. The van der Waals surface area contributed by atoms with Crippen molar-refractivity contribution in [2.75, 3.05) is 4.90 Å². The number of carbonyl (C=O) groups is 1. The number of aliphatic imine (C=N–C) groups is 1. The average Bonchev–Trinajstić information content (AvgIpc) is 3.05. The first-order chi connectivity index (χ1) is 14.4. The minimum atomic E-state index is -0.464. The maximum absolute atomic E-state index is 13.3. The summed E-state index contributed by atoms with van der Waals surface area (Å²) in [6, 6.07) is 20.7. The fraction of sp³-hybridized carbons (Fsp3) is 0.0435. The van der Waals surface area contributed by atoms with E-state index < -0.39 is 4.92 Å². The van der Waals surface area contributed by atoms with Crippen molar-refractivity contribution in [3.8, 4) is 0 Å². The topological polar surface area (TPSA) is 75.8 Å². The lowest BCUT2D eigenvalue weighted by Crippen LogP contribution is -2.33. The van der Waals surface area contributed by atoms with Gasteiger partial charge in [0.15, 0.2) is 0 Å². The summed E-state index contributed by atoms with van der Waals surface area (Å²) >= 11 is 6.09. The highest BCUT2D eigenvalue weighted by Crippen LogP contribution is 2.31. The van der Waals surface area contributed by atoms with Crippen molar-refractivity contribution in [1.29, 1.82) is 0 Å². The molecule has 1 aliphatic rings. The molecule has 148 valence electrons. The second-order valence-electron chi connectivity index (χ2n) is 6.75. The number of aryl methyl sites for hydroxylation is 1. The molecule has 6 nitrogen and oxygen atoms in total. The van der Waals surface area contributed by atoms with E-state index in [1.165, 1.54) is 12.1 Å². The lowest BCUT2D eigenvalue weighted by Gasteiger charge is -2.20. The Labute approximate surface area is 177 Å². The van der Waals surface area contributed by atoms with Crippen LogP contribution in [0.1, 0.15) is 16.7 Å². The maximum Gasteiger partial charge on any atom is 0.282 e. The van der Waals surface area contributed by atoms with Crippen LogP contribution in [0.3, 0.4) is 0 Å². The molecule has 0 saturated heterocycles. The molecule has 0 radical (unpaired) electrons. The fourth-order valence-corrected chi connectivity index (χ4v) is 3.47. The first kappa shape index (κ1) is 19.5. The van der Waals surface area contributed by atoms with Crippen LogP contribution in [0, 0.1) is 17.0 Å². The number of nitro benzene ring substituents is 1. The molecule has 1 heterocycles. The number of hydrogen-bond acceptors (Lipinski definition) is 4. The Bertz CT molecular complexity index is 1200. The van der Waals surface area contributed by atoms with E-state index in [2.05, 4.69) is 4.99 Å². The van der Waals surface area contributed by atoms with Gasteiger partial charge in [-0.25, -0.2) is 4.99 Å². The zero-order chi connectivity index (χ0) is 21.3. The zero-order valence-electron chi connectivity index (χ0n) is 15.9. The number of carbonyl (C=O) groups excluding carboxylic acids is 1. The van der Waals surface area contributed by atoms with Gasteiger partial charge in [0.05, 0.1) is 10.6 Å². The van der Waals surface area contributed by atoms with Crippen LogP contribution in [0.15, 0.2) is 83.5 Å². The third-order valence-corrected chi connectivity index (χ3v) is 4.93. The van der Waals surface area contributed by atoms with Gasteiger partial charge < -0.3 is 0 Å². The monoisotopic (exact) mass is 417 g/mol. The fourth-order valence-electron chi connectivity index (χ4n) is 3.24. The molecule has 4 rings (SSSR count). The van der Waals surface area contributed by atoms with E-state index in [1.54, 1.807) is 41.3 Å². The maximum atomic E-state index is 13.3. The minimum Gasteiger partial charge on any atom is -0.266 e. The molecule has 0 spiro atoms. The Morgan fingerprint density at radius 1 is 1.03 bits per heavy atom. The number of hydrogen-bond donors (Lipinski definition) is 0. The number of halogens is 1. The smallest absolute Gasteiger partial charge is 0.266 e. The molecular weight excluding hydrogens is 402 g/mol. The van der Waals surface area contributed by atoms with E-state index in [-0.39, 0.29) is 17.3 Å². The Hall–Kier alpha value is -3.77. The number of nitro groups is 1. The van der Waals surface area contributed by atoms with Gasteiger partial charge in [0.2, 0.25) is 0 Å². The van der Waals surface area contributed by atoms with Crippen LogP contribution < -0.4 is 4.90 Å². The molecule has 3 aromatic carbocycles. The second kappa shape index (κ2) is 7.93. The van der Waals surface area contributed by atoms with Crippen molar-refractivity contribution in [3.05, 3.63) is 110 Å². The van der Waals surface area contributed by atoms with Crippen LogP contribution in [0.25, 0.3) is 6.08 Å². The van der Waals surface area contributed by atoms with Crippen LogP contribution in [0.2, 0.25) is 5.02 Å². The van der Waals surface area contributed by atoms with Gasteiger partial charge in [-0.1, -0.05) is 41.9 Å². The SMILES string of the molecule is Cc1cc(Cl)ccc1N1C(=O)C(=Cc2ccc([N+](=O)[O-])cc2)N=C1c1ccccc1. The van der Waals surface area contributed by atoms with E-state index in [0.29, 0.717) is 22.1 Å². The molecule has 0 atom stereocenters. The molecule has 1 aliphatic heterocycles. The van der Waals surface area contributed by atoms with Crippen LogP contribution in [-0.2, 0) is 4.79 Å². The number of anilines is 1. The summed E-state index contributed by atoms with van der Waals surface area (Å²) in [6.07, 6.45) is 1.63. The van der Waals surface area contributed by atoms with Gasteiger partial charge in [-0.05, 0) is 54.5 Å². The van der Waals surface area contributed by atoms with Gasteiger partial charge in [0.1, 0.15) is 11.5 Å². The summed E-state index contributed by atoms with van der Waals surface area (Å²) in [5.74, 6) is 0.233. The first-order valence-electron chi connectivity index (χ1n) is 9.15. The number of benzene rings is 3. The molecule has 0 unspecified atom stereocenters. The number of rotatable bonds is 4. The summed E-state index contributed by atoms with van der Waals surface area (Å²) in [4.78, 5) is 29.9. The third-order valence-electron chi connectivity index (χ3n) is 4.70. The van der Waals surface area contributed by atoms with Crippen LogP contribution in [0.4, 0.5) is 11.4 Å². The van der Waals surface area contributed by atoms with Gasteiger partial charge in [-0.15, -0.1) is 0 Å². The summed E-state index contributed by atoms with van der Waals surface area (Å²) < 4.78 is 0. The molecule has 30 heavy (non-hydrogen) atoms. The number of amidine groups is 1. The molecule has 1 amide bonds. The lowest BCUT2D eigenvalue weighted by molar-refractivity contribution is -0.384. The highest BCUT2D eigenvalue weighted by atomic mass is 35.5. The standard InChI is InChI=1S/C23H16ClN3O3/c1-15-13-18(24)9-12-21(15)26-22(17-5-3-2-4-6-17)25-20(23(26)28)14-16-7-10-19(11-8-16)27(29)30/h2-14H,1H3. The molecule has 0 fully saturated rings. The quantitative estimate of drug-likeness (QED) is 0.324. The van der Waals surface area contributed by atoms with Crippen molar-refractivity contribution < 1.29 is 9.72 Å². The van der Waals surface area contributed by atoms with E-state index in [0.717, 1.165) is 11.1 Å². The minimum absolute atomic E-state index is 0.0122. The average molecular weight is 418 g/mol. The van der Waals surface area contributed by atoms with Gasteiger partial charge in [0, 0.05) is 22.7 Å². The zero-order valence-corrected chi connectivity index (χ0v) is 16.7. The number of nitrogens with zero attached hydrogens (tertiary/aromatic N) is 3. The van der Waals surface area contributed by atoms with Gasteiger partial charge in [-0.3, -0.25) is 19.8 Å². The predicted octanol–water partition coefficient (Wildman–Crippen LogP) is 5.39. The van der Waals surface area contributed by atoms with E-state index in [1.807, 2.05) is 37.3 Å². The van der Waals surface area contributed by atoms with Crippen molar-refractivity contribution in [2.24, 2.45) is 4.99 Å². The highest BCUT2D eigenvalue weighted by Gasteiger charge is 2.33. The lowest BCUT2D eigenvalue weighted by atomic mass is 10.1. The molecule has 7 heteroatoms. The Balaban J connectivity index is 1.80. The normalized spacial score (nSPS) is 14.9. The van der Waals surface area contributed by atoms with Crippen molar-refractivity contribution in [2.45, 2.75) is 6.92 Å². The predicted molar refractivity (Wildman–Crippen MR) is 118 cm³/mol. The number of non-ortho nitro benzene ring substituents is 1. The molecular formula is C23H16ClN3O3. The summed E-state index contributed by atoms with van der Waals surface area (Å²) in [6.45, 7) is 1.88. The summed E-state index contributed by atoms with van der Waals surface area (Å²) in [5, 5.41) is 11.4. The second-order valence-corrected chi connectivity index (χ2v) is 7.19. The Morgan fingerprint density at radius 3 is 2.37 bits per heavy atom. The molecule has 0 aliphatic carbocycles. The van der Waals surface area contributed by atoms with Crippen molar-refractivity contribution >= 4 is 40.8 Å². The first-order valence-corrected chi connectivity index (χ1v) is 9.53. The van der Waals surface area contributed by atoms with Crippen LogP contribution in [-0.4, -0.2) is 16.7 Å². The molecule has 0 bridgehead atoms. The summed E-state index contributed by atoms with van der Waals surface area (Å²) in [7, 11) is 0. The van der Waals surface area contributed by atoms with E-state index in [4.69, 9.17) is 11.6 Å². The van der Waals surface area contributed by atoms with E-state index >= 15 is 0 Å². The van der Waals surface area contributed by atoms with Crippen LogP contribution >= 0.6 is 11.6 Å². The molecule has 3 aromatic rings. The van der Waals surface area contributed by atoms with Gasteiger partial charge in [0.25, 0.3) is 11.6 Å². The Morgan fingerprint density at radius 2 is 1.73 bits per heavy atom. The Kier molecular flexibility index (Phi) is 5.16. The van der Waals surface area contributed by atoms with Crippen molar-refractivity contribution in [1.82, 2.24) is 0 Å². The third kappa shape index (κ3) is 3.73. The van der Waals surface area contributed by atoms with Crippen LogP contribution in [0.5, 0.6) is 0 Å². The molecule has 0 aromatic heterocycles. The van der Waals surface area contributed by atoms with Gasteiger partial charge >= 0.3 is 0 Å². The molecule has 0 saturated carbocycles. The largest absolute Gasteiger partial charge is 0.282 e. The van der Waals surface area contributed by atoms with E-state index in [9.17, 15) is 14.9 Å².